The first-order chi connectivity index (χ1) is 19.8. The van der Waals surface area contributed by atoms with Crippen molar-refractivity contribution < 1.29 is 18.0 Å². The molecule has 1 N–H and O–H groups in total. The molecule has 3 rings (SSSR count). The van der Waals surface area contributed by atoms with Crippen molar-refractivity contribution in [1.82, 2.24) is 10.2 Å². The van der Waals surface area contributed by atoms with E-state index in [4.69, 9.17) is 58.0 Å². The van der Waals surface area contributed by atoms with E-state index in [1.807, 2.05) is 37.3 Å². The highest BCUT2D eigenvalue weighted by Crippen LogP contribution is 2.36. The number of amides is 2. The van der Waals surface area contributed by atoms with Crippen LogP contribution in [0, 0.1) is 0 Å². The molecule has 0 aliphatic carbocycles. The summed E-state index contributed by atoms with van der Waals surface area (Å²) in [5, 5.41) is 3.76. The van der Waals surface area contributed by atoms with E-state index in [-0.39, 0.29) is 44.7 Å². The third-order valence-corrected chi connectivity index (χ3v) is 9.13. The molecule has 42 heavy (non-hydrogen) atoms. The average Bonchev–Trinajstić information content (AvgIpc) is 2.92. The number of unbranched alkanes of at least 4 members (excludes halogenated alkanes) is 1. The number of halogens is 5. The standard InChI is InChI=1S/C29H30Cl5N3O4S/c1-3-4-12-35-29(39)27(13-19-8-6-5-7-9-19)36(17-20-10-11-21(30)14-22(20)31)28(38)18-37(42(2,40)41)26-16-24(33)23(32)15-25(26)34/h5-11,14-16,27H,3-4,12-13,17-18H2,1-2H3,(H,35,39)/t27-/m0/s1. The number of benzene rings is 3. The Labute approximate surface area is 271 Å². The highest BCUT2D eigenvalue weighted by atomic mass is 35.5. The number of nitrogens with one attached hydrogen (secondary N) is 1. The molecule has 7 nitrogen and oxygen atoms in total. The molecule has 0 aromatic heterocycles. The third-order valence-electron chi connectivity index (χ3n) is 6.39. The van der Waals surface area contributed by atoms with E-state index in [2.05, 4.69) is 5.32 Å². The van der Waals surface area contributed by atoms with Crippen molar-refractivity contribution in [3.05, 3.63) is 96.9 Å². The second kappa shape index (κ2) is 15.5. The molecule has 0 aliphatic heterocycles. The van der Waals surface area contributed by atoms with Crippen molar-refractivity contribution in [2.75, 3.05) is 23.7 Å². The van der Waals surface area contributed by atoms with Crippen LogP contribution in [-0.2, 0) is 32.6 Å². The van der Waals surface area contributed by atoms with Crippen LogP contribution in [0.1, 0.15) is 30.9 Å². The van der Waals surface area contributed by atoms with Gasteiger partial charge in [-0.1, -0.05) is 108 Å². The molecule has 0 aliphatic rings. The maximum Gasteiger partial charge on any atom is 0.244 e. The molecule has 0 saturated carbocycles. The molecule has 0 bridgehead atoms. The summed E-state index contributed by atoms with van der Waals surface area (Å²) in [6.45, 7) is 1.65. The van der Waals surface area contributed by atoms with Gasteiger partial charge in [-0.25, -0.2) is 8.42 Å². The van der Waals surface area contributed by atoms with Gasteiger partial charge in [0, 0.05) is 29.6 Å². The van der Waals surface area contributed by atoms with Crippen molar-refractivity contribution in [1.29, 1.82) is 0 Å². The summed E-state index contributed by atoms with van der Waals surface area (Å²) < 4.78 is 26.8. The predicted octanol–water partition coefficient (Wildman–Crippen LogP) is 7.28. The molecule has 226 valence electrons. The van der Waals surface area contributed by atoms with Gasteiger partial charge in [-0.2, -0.15) is 0 Å². The Morgan fingerprint density at radius 2 is 1.55 bits per heavy atom. The summed E-state index contributed by atoms with van der Waals surface area (Å²) in [5.74, 6) is -1.05. The largest absolute Gasteiger partial charge is 0.354 e. The van der Waals surface area contributed by atoms with Gasteiger partial charge < -0.3 is 10.2 Å². The minimum atomic E-state index is -4.05. The number of carbonyl (C=O) groups is 2. The van der Waals surface area contributed by atoms with E-state index >= 15 is 0 Å². The first kappa shape index (κ1) is 34.3. The SMILES string of the molecule is CCCCNC(=O)[C@H](Cc1ccccc1)N(Cc1ccc(Cl)cc1Cl)C(=O)CN(c1cc(Cl)c(Cl)cc1Cl)S(C)(=O)=O. The number of hydrogen-bond donors (Lipinski definition) is 1. The average molecular weight is 694 g/mol. The van der Waals surface area contributed by atoms with Crippen LogP contribution in [0.25, 0.3) is 0 Å². The van der Waals surface area contributed by atoms with Crippen LogP contribution in [0.4, 0.5) is 5.69 Å². The maximum atomic E-state index is 14.2. The lowest BCUT2D eigenvalue weighted by Gasteiger charge is -2.34. The van der Waals surface area contributed by atoms with Crippen molar-refractivity contribution in [2.45, 2.75) is 38.8 Å². The van der Waals surface area contributed by atoms with Gasteiger partial charge in [-0.3, -0.25) is 13.9 Å². The molecule has 0 saturated heterocycles. The zero-order chi connectivity index (χ0) is 31.0. The smallest absolute Gasteiger partial charge is 0.244 e. The van der Waals surface area contributed by atoms with Gasteiger partial charge in [0.25, 0.3) is 0 Å². The van der Waals surface area contributed by atoms with Gasteiger partial charge in [-0.15, -0.1) is 0 Å². The minimum absolute atomic E-state index is 0.0203. The molecule has 2 amide bonds. The summed E-state index contributed by atoms with van der Waals surface area (Å²) in [6.07, 6.45) is 2.72. The Kier molecular flexibility index (Phi) is 12.7. The molecule has 0 radical (unpaired) electrons. The van der Waals surface area contributed by atoms with Crippen LogP contribution in [0.5, 0.6) is 0 Å². The van der Waals surface area contributed by atoms with Gasteiger partial charge in [0.15, 0.2) is 0 Å². The zero-order valence-corrected chi connectivity index (χ0v) is 27.5. The fourth-order valence-corrected chi connectivity index (χ4v) is 6.21. The lowest BCUT2D eigenvalue weighted by molar-refractivity contribution is -0.140. The van der Waals surface area contributed by atoms with Crippen LogP contribution >= 0.6 is 58.0 Å². The Balaban J connectivity index is 2.10. The highest BCUT2D eigenvalue weighted by Gasteiger charge is 2.34. The fourth-order valence-electron chi connectivity index (χ4n) is 4.19. The lowest BCUT2D eigenvalue weighted by Crippen LogP contribution is -2.53. The van der Waals surface area contributed by atoms with Crippen molar-refractivity contribution in [3.63, 3.8) is 0 Å². The van der Waals surface area contributed by atoms with E-state index in [1.54, 1.807) is 12.1 Å². The summed E-state index contributed by atoms with van der Waals surface area (Å²) in [4.78, 5) is 29.1. The van der Waals surface area contributed by atoms with Gasteiger partial charge in [-0.05, 0) is 41.8 Å². The van der Waals surface area contributed by atoms with Crippen molar-refractivity contribution in [2.24, 2.45) is 0 Å². The number of carbonyl (C=O) groups excluding carboxylic acids is 2. The first-order valence-electron chi connectivity index (χ1n) is 13.0. The predicted molar refractivity (Wildman–Crippen MR) is 173 cm³/mol. The molecule has 13 heteroatoms. The van der Waals surface area contributed by atoms with E-state index in [9.17, 15) is 18.0 Å². The monoisotopic (exact) mass is 691 g/mol. The summed E-state index contributed by atoms with van der Waals surface area (Å²) in [5.41, 5.74) is 1.30. The summed E-state index contributed by atoms with van der Waals surface area (Å²) >= 11 is 31.2. The first-order valence-corrected chi connectivity index (χ1v) is 16.7. The molecular formula is C29H30Cl5N3O4S. The van der Waals surface area contributed by atoms with E-state index in [0.29, 0.717) is 17.1 Å². The van der Waals surface area contributed by atoms with Crippen molar-refractivity contribution in [3.8, 4) is 0 Å². The number of anilines is 1. The molecule has 0 unspecified atom stereocenters. The normalized spacial score (nSPS) is 12.1. The third kappa shape index (κ3) is 9.40. The molecule has 0 fully saturated rings. The Bertz CT molecular complexity index is 1520. The topological polar surface area (TPSA) is 86.8 Å². The quantitative estimate of drug-likeness (QED) is 0.151. The molecule has 0 heterocycles. The number of hydrogen-bond acceptors (Lipinski definition) is 4. The molecule has 3 aromatic rings. The van der Waals surface area contributed by atoms with Gasteiger partial charge in [0.1, 0.15) is 12.6 Å². The minimum Gasteiger partial charge on any atom is -0.354 e. The van der Waals surface area contributed by atoms with Crippen molar-refractivity contribution >= 4 is 85.5 Å². The van der Waals surface area contributed by atoms with Gasteiger partial charge >= 0.3 is 0 Å². The van der Waals surface area contributed by atoms with Gasteiger partial charge in [0.2, 0.25) is 21.8 Å². The zero-order valence-electron chi connectivity index (χ0n) is 22.9. The maximum absolute atomic E-state index is 14.2. The van der Waals surface area contributed by atoms with Crippen LogP contribution in [0.3, 0.4) is 0 Å². The Morgan fingerprint density at radius 1 is 0.881 bits per heavy atom. The number of sulfonamides is 1. The fraction of sp³-hybridized carbons (Fsp3) is 0.310. The summed E-state index contributed by atoms with van der Waals surface area (Å²) in [6, 6.07) is 15.6. The summed E-state index contributed by atoms with van der Waals surface area (Å²) in [7, 11) is -4.05. The molecular weight excluding hydrogens is 664 g/mol. The molecule has 3 aromatic carbocycles. The molecule has 1 atom stereocenters. The lowest BCUT2D eigenvalue weighted by atomic mass is 10.0. The van der Waals surface area contributed by atoms with Crippen LogP contribution in [0.15, 0.2) is 60.7 Å². The molecule has 0 spiro atoms. The van der Waals surface area contributed by atoms with Crippen LogP contribution in [0.2, 0.25) is 25.1 Å². The van der Waals surface area contributed by atoms with Gasteiger partial charge in [0.05, 0.1) is 27.0 Å². The van der Waals surface area contributed by atoms with E-state index < -0.39 is 28.5 Å². The van der Waals surface area contributed by atoms with E-state index in [1.165, 1.54) is 23.1 Å². The van der Waals surface area contributed by atoms with Crippen LogP contribution < -0.4 is 9.62 Å². The number of nitrogens with zero attached hydrogens (tertiary/aromatic N) is 2. The Hall–Kier alpha value is -2.20. The second-order valence-corrected chi connectivity index (χ2v) is 13.6. The number of rotatable bonds is 13. The second-order valence-electron chi connectivity index (χ2n) is 9.59. The Morgan fingerprint density at radius 3 is 2.17 bits per heavy atom. The van der Waals surface area contributed by atoms with E-state index in [0.717, 1.165) is 29.0 Å². The van der Waals surface area contributed by atoms with Crippen LogP contribution in [-0.4, -0.2) is 50.5 Å². The highest BCUT2D eigenvalue weighted by molar-refractivity contribution is 7.92.